The Balaban J connectivity index is 1.53. The molecule has 0 bridgehead atoms. The smallest absolute Gasteiger partial charge is 0.222 e. The van der Waals surface area contributed by atoms with Crippen LogP contribution in [0.5, 0.6) is 0 Å². The molecule has 0 spiro atoms. The maximum Gasteiger partial charge on any atom is 0.222 e. The fourth-order valence-corrected chi connectivity index (χ4v) is 4.03. The van der Waals surface area contributed by atoms with E-state index in [9.17, 15) is 14.7 Å². The number of rotatable bonds is 4. The van der Waals surface area contributed by atoms with E-state index in [1.807, 2.05) is 11.9 Å². The van der Waals surface area contributed by atoms with Crippen molar-refractivity contribution in [2.45, 2.75) is 57.2 Å². The molecule has 1 heterocycles. The molecule has 3 aliphatic rings. The highest BCUT2D eigenvalue weighted by atomic mass is 16.3. The van der Waals surface area contributed by atoms with E-state index in [0.29, 0.717) is 12.3 Å². The van der Waals surface area contributed by atoms with Crippen molar-refractivity contribution in [3.63, 3.8) is 0 Å². The minimum atomic E-state index is -0.480. The van der Waals surface area contributed by atoms with Crippen LogP contribution in [0.4, 0.5) is 0 Å². The van der Waals surface area contributed by atoms with Gasteiger partial charge in [0.2, 0.25) is 11.8 Å². The molecule has 6 nitrogen and oxygen atoms in total. The van der Waals surface area contributed by atoms with Crippen LogP contribution >= 0.6 is 0 Å². The Hall–Kier alpha value is -1.14. The highest BCUT2D eigenvalue weighted by Crippen LogP contribution is 2.34. The van der Waals surface area contributed by atoms with E-state index < -0.39 is 6.10 Å². The first-order chi connectivity index (χ1) is 11.0. The van der Waals surface area contributed by atoms with Crippen molar-refractivity contribution in [2.75, 3.05) is 33.2 Å². The third-order valence-corrected chi connectivity index (χ3v) is 5.83. The summed E-state index contributed by atoms with van der Waals surface area (Å²) in [5.41, 5.74) is 0. The molecule has 2 amide bonds. The van der Waals surface area contributed by atoms with Gasteiger partial charge in [0, 0.05) is 52.6 Å². The second-order valence-electron chi connectivity index (χ2n) is 7.40. The van der Waals surface area contributed by atoms with Gasteiger partial charge in [-0.15, -0.1) is 0 Å². The summed E-state index contributed by atoms with van der Waals surface area (Å²) in [5, 5.41) is 10.7. The predicted molar refractivity (Wildman–Crippen MR) is 86.8 cm³/mol. The minimum absolute atomic E-state index is 0.0583. The van der Waals surface area contributed by atoms with Gasteiger partial charge in [-0.25, -0.2) is 0 Å². The number of hydrogen-bond acceptors (Lipinski definition) is 4. The summed E-state index contributed by atoms with van der Waals surface area (Å²) in [6.45, 7) is 4.71. The number of carbonyl (C=O) groups excluding carboxylic acids is 2. The van der Waals surface area contributed by atoms with E-state index >= 15 is 0 Å². The van der Waals surface area contributed by atoms with Crippen LogP contribution < -0.4 is 0 Å². The highest BCUT2D eigenvalue weighted by molar-refractivity contribution is 5.77. The molecule has 3 rings (SSSR count). The van der Waals surface area contributed by atoms with Gasteiger partial charge < -0.3 is 14.9 Å². The Morgan fingerprint density at radius 2 is 1.74 bits per heavy atom. The zero-order valence-electron chi connectivity index (χ0n) is 14.3. The number of aliphatic hydroxyl groups excluding tert-OH is 1. The predicted octanol–water partition coefficient (Wildman–Crippen LogP) is 0.301. The standard InChI is InChI=1S/C17H29N3O3/c1-12(21)19-7-9-20(10-8-19)15-6-5-14(17(15)23)18(2)16(22)11-13-3-4-13/h13-15,17,23H,3-11H2,1-2H3/t14-,15-,17-/m1/s1. The van der Waals surface area contributed by atoms with E-state index in [-0.39, 0.29) is 23.9 Å². The van der Waals surface area contributed by atoms with Crippen LogP contribution in [-0.4, -0.2) is 83.0 Å². The molecule has 3 atom stereocenters. The van der Waals surface area contributed by atoms with Gasteiger partial charge in [-0.05, 0) is 31.6 Å². The van der Waals surface area contributed by atoms with Crippen LogP contribution in [0.1, 0.15) is 39.0 Å². The lowest BCUT2D eigenvalue weighted by Gasteiger charge is -2.39. The molecule has 3 fully saturated rings. The van der Waals surface area contributed by atoms with E-state index in [1.165, 1.54) is 12.8 Å². The molecule has 2 saturated carbocycles. The summed E-state index contributed by atoms with van der Waals surface area (Å²) in [5.74, 6) is 0.887. The molecule has 0 aromatic heterocycles. The first-order valence-corrected chi connectivity index (χ1v) is 8.90. The van der Waals surface area contributed by atoms with Crippen LogP contribution in [-0.2, 0) is 9.59 Å². The molecule has 0 unspecified atom stereocenters. The molecule has 6 heteroatoms. The number of carbonyl (C=O) groups is 2. The van der Waals surface area contributed by atoms with Gasteiger partial charge in [0.25, 0.3) is 0 Å². The molecular formula is C17H29N3O3. The summed E-state index contributed by atoms with van der Waals surface area (Å²) in [6.07, 6.45) is 4.30. The summed E-state index contributed by atoms with van der Waals surface area (Å²) in [6, 6.07) is 0.0577. The molecule has 0 aromatic rings. The Morgan fingerprint density at radius 3 is 2.30 bits per heavy atom. The van der Waals surface area contributed by atoms with Gasteiger partial charge in [0.05, 0.1) is 12.1 Å². The molecule has 23 heavy (non-hydrogen) atoms. The van der Waals surface area contributed by atoms with Gasteiger partial charge in [0.15, 0.2) is 0 Å². The summed E-state index contributed by atoms with van der Waals surface area (Å²) in [4.78, 5) is 29.6. The van der Waals surface area contributed by atoms with Crippen LogP contribution in [0.25, 0.3) is 0 Å². The zero-order valence-corrected chi connectivity index (χ0v) is 14.3. The van der Waals surface area contributed by atoms with E-state index in [1.54, 1.807) is 11.8 Å². The van der Waals surface area contributed by atoms with Gasteiger partial charge in [-0.1, -0.05) is 0 Å². The number of aliphatic hydroxyl groups is 1. The SMILES string of the molecule is CC(=O)N1CCN([C@@H]2CC[C@@H](N(C)C(=O)CC3CC3)[C@H]2O)CC1. The Kier molecular flexibility index (Phi) is 4.92. The lowest BCUT2D eigenvalue weighted by Crippen LogP contribution is -2.55. The molecule has 1 saturated heterocycles. The normalized spacial score (nSPS) is 32.1. The number of hydrogen-bond donors (Lipinski definition) is 1. The average molecular weight is 323 g/mol. The van der Waals surface area contributed by atoms with Crippen molar-refractivity contribution in [1.82, 2.24) is 14.7 Å². The van der Waals surface area contributed by atoms with Gasteiger partial charge in [-0.2, -0.15) is 0 Å². The van der Waals surface area contributed by atoms with Crippen molar-refractivity contribution >= 4 is 11.8 Å². The Labute approximate surface area is 138 Å². The third kappa shape index (κ3) is 3.69. The molecule has 130 valence electrons. The summed E-state index contributed by atoms with van der Waals surface area (Å²) >= 11 is 0. The monoisotopic (exact) mass is 323 g/mol. The molecule has 0 aromatic carbocycles. The molecule has 2 aliphatic carbocycles. The van der Waals surface area contributed by atoms with Crippen LogP contribution in [0.15, 0.2) is 0 Å². The first kappa shape index (κ1) is 16.7. The second kappa shape index (κ2) is 6.77. The Bertz CT molecular complexity index is 458. The molecule has 0 radical (unpaired) electrons. The van der Waals surface area contributed by atoms with Crippen molar-refractivity contribution in [1.29, 1.82) is 0 Å². The largest absolute Gasteiger partial charge is 0.389 e. The van der Waals surface area contributed by atoms with Gasteiger partial charge in [-0.3, -0.25) is 14.5 Å². The average Bonchev–Trinajstić information content (AvgIpc) is 3.27. The van der Waals surface area contributed by atoms with Crippen LogP contribution in [0, 0.1) is 5.92 Å². The first-order valence-electron chi connectivity index (χ1n) is 8.90. The topological polar surface area (TPSA) is 64.1 Å². The van der Waals surface area contributed by atoms with Crippen LogP contribution in [0.3, 0.4) is 0 Å². The number of amides is 2. The third-order valence-electron chi connectivity index (χ3n) is 5.83. The molecule has 1 N–H and O–H groups in total. The number of likely N-dealkylation sites (N-methyl/N-ethyl adjacent to an activating group) is 1. The number of nitrogens with zero attached hydrogens (tertiary/aromatic N) is 3. The van der Waals surface area contributed by atoms with E-state index in [0.717, 1.165) is 39.0 Å². The van der Waals surface area contributed by atoms with Crippen molar-refractivity contribution in [2.24, 2.45) is 5.92 Å². The maximum atomic E-state index is 12.3. The van der Waals surface area contributed by atoms with E-state index in [4.69, 9.17) is 0 Å². The molecular weight excluding hydrogens is 294 g/mol. The van der Waals surface area contributed by atoms with Crippen LogP contribution in [0.2, 0.25) is 0 Å². The fraction of sp³-hybridized carbons (Fsp3) is 0.882. The van der Waals surface area contributed by atoms with Gasteiger partial charge in [0.1, 0.15) is 0 Å². The summed E-state index contributed by atoms with van der Waals surface area (Å²) in [7, 11) is 1.84. The Morgan fingerprint density at radius 1 is 1.09 bits per heavy atom. The van der Waals surface area contributed by atoms with Crippen molar-refractivity contribution in [3.8, 4) is 0 Å². The second-order valence-corrected chi connectivity index (χ2v) is 7.40. The van der Waals surface area contributed by atoms with E-state index in [2.05, 4.69) is 4.90 Å². The zero-order chi connectivity index (χ0) is 16.6. The number of piperazine rings is 1. The fourth-order valence-electron chi connectivity index (χ4n) is 4.03. The minimum Gasteiger partial charge on any atom is -0.389 e. The lowest BCUT2D eigenvalue weighted by atomic mass is 10.1. The van der Waals surface area contributed by atoms with Crippen molar-refractivity contribution < 1.29 is 14.7 Å². The highest BCUT2D eigenvalue weighted by Gasteiger charge is 2.42. The quantitative estimate of drug-likeness (QED) is 0.808. The van der Waals surface area contributed by atoms with Gasteiger partial charge >= 0.3 is 0 Å². The maximum absolute atomic E-state index is 12.3. The molecule has 1 aliphatic heterocycles. The lowest BCUT2D eigenvalue weighted by molar-refractivity contribution is -0.135. The summed E-state index contributed by atoms with van der Waals surface area (Å²) < 4.78 is 0. The van der Waals surface area contributed by atoms with Crippen molar-refractivity contribution in [3.05, 3.63) is 0 Å².